The normalized spacial score (nSPS) is 13.1. The maximum Gasteiger partial charge on any atom is 0.408 e. The molecule has 33 heavy (non-hydrogen) atoms. The molecule has 0 saturated heterocycles. The fourth-order valence-corrected chi connectivity index (χ4v) is 3.11. The average Bonchev–Trinajstić information content (AvgIpc) is 2.65. The van der Waals surface area contributed by atoms with E-state index in [4.69, 9.17) is 10.5 Å². The first-order valence-corrected chi connectivity index (χ1v) is 10.8. The van der Waals surface area contributed by atoms with E-state index in [1.54, 1.807) is 58.9 Å². The van der Waals surface area contributed by atoms with E-state index in [2.05, 4.69) is 10.6 Å². The van der Waals surface area contributed by atoms with Crippen molar-refractivity contribution >= 4 is 23.8 Å². The van der Waals surface area contributed by atoms with E-state index >= 15 is 0 Å². The number of primary amides is 1. The number of aryl methyl sites for hydroxylation is 1. The summed E-state index contributed by atoms with van der Waals surface area (Å²) < 4.78 is 5.20. The van der Waals surface area contributed by atoms with Crippen LogP contribution in [0.4, 0.5) is 4.79 Å². The highest BCUT2D eigenvalue weighted by Gasteiger charge is 2.36. The zero-order valence-corrected chi connectivity index (χ0v) is 20.2. The maximum atomic E-state index is 13.5. The van der Waals surface area contributed by atoms with Crippen LogP contribution in [0.1, 0.15) is 58.2 Å². The molecular weight excluding hydrogens is 428 g/mol. The van der Waals surface area contributed by atoms with Gasteiger partial charge in [-0.05, 0) is 47.1 Å². The Morgan fingerprint density at radius 1 is 1.09 bits per heavy atom. The Bertz CT molecular complexity index is 832. The van der Waals surface area contributed by atoms with Crippen molar-refractivity contribution in [3.63, 3.8) is 0 Å². The second kappa shape index (κ2) is 12.2. The molecule has 0 radical (unpaired) electrons. The smallest absolute Gasteiger partial charge is 0.408 e. The van der Waals surface area contributed by atoms with Crippen LogP contribution < -0.4 is 16.4 Å². The number of carbonyl (C=O) groups excluding carboxylic acids is 4. The zero-order chi connectivity index (χ0) is 25.3. The van der Waals surface area contributed by atoms with Crippen LogP contribution in [0.15, 0.2) is 24.3 Å². The van der Waals surface area contributed by atoms with E-state index in [1.165, 1.54) is 0 Å². The number of aliphatic hydroxyl groups excluding tert-OH is 1. The van der Waals surface area contributed by atoms with Gasteiger partial charge in [-0.15, -0.1) is 0 Å². The van der Waals surface area contributed by atoms with Gasteiger partial charge in [-0.25, -0.2) is 4.79 Å². The molecule has 0 saturated carbocycles. The molecule has 0 heterocycles. The minimum absolute atomic E-state index is 0.210. The van der Waals surface area contributed by atoms with Gasteiger partial charge in [0.1, 0.15) is 17.7 Å². The summed E-state index contributed by atoms with van der Waals surface area (Å²) in [5, 5.41) is 14.8. The van der Waals surface area contributed by atoms with E-state index in [-0.39, 0.29) is 12.6 Å². The summed E-state index contributed by atoms with van der Waals surface area (Å²) in [4.78, 5) is 51.7. The van der Waals surface area contributed by atoms with Gasteiger partial charge in [0.25, 0.3) is 0 Å². The number of alkyl carbamates (subject to hydrolysis) is 1. The topological polar surface area (TPSA) is 151 Å². The van der Waals surface area contributed by atoms with Crippen molar-refractivity contribution in [3.8, 4) is 0 Å². The maximum absolute atomic E-state index is 13.5. The molecule has 0 aliphatic rings. The molecule has 0 aliphatic carbocycles. The number of carbonyl (C=O) groups is 4. The molecule has 0 fully saturated rings. The lowest BCUT2D eigenvalue weighted by atomic mass is 10.0. The van der Waals surface area contributed by atoms with Crippen LogP contribution in [-0.4, -0.2) is 64.7 Å². The Hall–Kier alpha value is -3.14. The molecule has 0 bridgehead atoms. The number of hydrogen-bond donors (Lipinski definition) is 4. The van der Waals surface area contributed by atoms with Crippen molar-refractivity contribution in [2.75, 3.05) is 13.2 Å². The van der Waals surface area contributed by atoms with E-state index in [0.717, 1.165) is 10.5 Å². The standard InChI is InChI=1S/C23H36N4O6/c1-14(2)25-20(30)19(16-9-7-15(3)8-10-16)27(11-12-28)21(31)17(13-18(24)29)26-22(32)33-23(4,5)6/h7-10,14,17,19,28H,11-13H2,1-6H3,(H2,24,29)(H,25,30)(H,26,32). The second-order valence-electron chi connectivity index (χ2n) is 9.10. The highest BCUT2D eigenvalue weighted by Crippen LogP contribution is 2.23. The zero-order valence-electron chi connectivity index (χ0n) is 20.2. The van der Waals surface area contributed by atoms with Crippen molar-refractivity contribution < 1.29 is 29.0 Å². The summed E-state index contributed by atoms with van der Waals surface area (Å²) in [6, 6.07) is 4.31. The van der Waals surface area contributed by atoms with Gasteiger partial charge >= 0.3 is 6.09 Å². The number of hydrogen-bond acceptors (Lipinski definition) is 6. The number of amides is 4. The van der Waals surface area contributed by atoms with Gasteiger partial charge in [-0.3, -0.25) is 14.4 Å². The van der Waals surface area contributed by atoms with E-state index in [9.17, 15) is 24.3 Å². The number of nitrogens with two attached hydrogens (primary N) is 1. The predicted octanol–water partition coefficient (Wildman–Crippen LogP) is 1.15. The quantitative estimate of drug-likeness (QED) is 0.408. The molecule has 0 spiro atoms. The second-order valence-corrected chi connectivity index (χ2v) is 9.10. The first kappa shape index (κ1) is 27.9. The predicted molar refractivity (Wildman–Crippen MR) is 123 cm³/mol. The van der Waals surface area contributed by atoms with Crippen LogP contribution in [0.2, 0.25) is 0 Å². The molecule has 1 aromatic carbocycles. The lowest BCUT2D eigenvalue weighted by Crippen LogP contribution is -2.55. The number of nitrogens with zero attached hydrogens (tertiary/aromatic N) is 1. The Morgan fingerprint density at radius 3 is 2.12 bits per heavy atom. The lowest BCUT2D eigenvalue weighted by molar-refractivity contribution is -0.144. The SMILES string of the molecule is Cc1ccc(C(C(=O)NC(C)C)N(CCO)C(=O)C(CC(N)=O)NC(=O)OC(C)(C)C)cc1. The average molecular weight is 465 g/mol. The van der Waals surface area contributed by atoms with Gasteiger partial charge in [0, 0.05) is 12.6 Å². The van der Waals surface area contributed by atoms with Crippen LogP contribution >= 0.6 is 0 Å². The summed E-state index contributed by atoms with van der Waals surface area (Å²) in [7, 11) is 0. The molecular formula is C23H36N4O6. The third kappa shape index (κ3) is 9.48. The van der Waals surface area contributed by atoms with Gasteiger partial charge < -0.3 is 31.1 Å². The Kier molecular flexibility index (Phi) is 10.3. The molecule has 2 atom stereocenters. The fourth-order valence-electron chi connectivity index (χ4n) is 3.11. The fraction of sp³-hybridized carbons (Fsp3) is 0.565. The first-order valence-electron chi connectivity index (χ1n) is 10.8. The van der Waals surface area contributed by atoms with Crippen LogP contribution in [0, 0.1) is 6.92 Å². The summed E-state index contributed by atoms with van der Waals surface area (Å²) >= 11 is 0. The minimum atomic E-state index is -1.39. The van der Waals surface area contributed by atoms with Crippen LogP contribution in [-0.2, 0) is 19.1 Å². The summed E-state index contributed by atoms with van der Waals surface area (Å²) in [5.74, 6) is -2.05. The van der Waals surface area contributed by atoms with Gasteiger partial charge in [0.05, 0.1) is 13.0 Å². The van der Waals surface area contributed by atoms with E-state index in [0.29, 0.717) is 5.56 Å². The lowest BCUT2D eigenvalue weighted by Gasteiger charge is -2.34. The number of rotatable bonds is 10. The van der Waals surface area contributed by atoms with Gasteiger partial charge in [0.2, 0.25) is 17.7 Å². The summed E-state index contributed by atoms with van der Waals surface area (Å²) in [5.41, 5.74) is 5.94. The largest absolute Gasteiger partial charge is 0.444 e. The first-order chi connectivity index (χ1) is 15.2. The summed E-state index contributed by atoms with van der Waals surface area (Å²) in [6.07, 6.45) is -1.42. The van der Waals surface area contributed by atoms with Gasteiger partial charge in [-0.2, -0.15) is 0 Å². The molecule has 2 unspecified atom stereocenters. The van der Waals surface area contributed by atoms with Crippen molar-refractivity contribution in [3.05, 3.63) is 35.4 Å². The van der Waals surface area contributed by atoms with Gasteiger partial charge in [-0.1, -0.05) is 29.8 Å². The van der Waals surface area contributed by atoms with Crippen LogP contribution in [0.5, 0.6) is 0 Å². The molecule has 10 nitrogen and oxygen atoms in total. The monoisotopic (exact) mass is 464 g/mol. The number of ether oxygens (including phenoxy) is 1. The van der Waals surface area contributed by atoms with Crippen LogP contribution in [0.25, 0.3) is 0 Å². The molecule has 4 amide bonds. The van der Waals surface area contributed by atoms with Crippen LogP contribution in [0.3, 0.4) is 0 Å². The molecule has 10 heteroatoms. The molecule has 0 aromatic heterocycles. The molecule has 1 aromatic rings. The van der Waals surface area contributed by atoms with E-state index in [1.807, 2.05) is 6.92 Å². The number of benzene rings is 1. The number of nitrogens with one attached hydrogen (secondary N) is 2. The third-order valence-electron chi connectivity index (χ3n) is 4.40. The van der Waals surface area contributed by atoms with Crippen molar-refractivity contribution in [2.45, 2.75) is 71.7 Å². The highest BCUT2D eigenvalue weighted by atomic mass is 16.6. The Morgan fingerprint density at radius 2 is 1.67 bits per heavy atom. The number of aliphatic hydroxyl groups is 1. The van der Waals surface area contributed by atoms with E-state index < -0.39 is 54.5 Å². The van der Waals surface area contributed by atoms with Crippen molar-refractivity contribution in [2.24, 2.45) is 5.73 Å². The Labute approximate surface area is 194 Å². The molecule has 0 aliphatic heterocycles. The van der Waals surface area contributed by atoms with Crippen molar-refractivity contribution in [1.82, 2.24) is 15.5 Å². The molecule has 1 rings (SSSR count). The summed E-state index contributed by atoms with van der Waals surface area (Å²) in [6.45, 7) is 9.74. The highest BCUT2D eigenvalue weighted by molar-refractivity contribution is 5.94. The molecule has 184 valence electrons. The van der Waals surface area contributed by atoms with Crippen molar-refractivity contribution in [1.29, 1.82) is 0 Å². The Balaban J connectivity index is 3.39. The van der Waals surface area contributed by atoms with Gasteiger partial charge in [0.15, 0.2) is 0 Å². The molecule has 5 N–H and O–H groups in total. The minimum Gasteiger partial charge on any atom is -0.444 e. The third-order valence-corrected chi connectivity index (χ3v) is 4.40.